The van der Waals surface area contributed by atoms with E-state index in [1.807, 2.05) is 25.1 Å². The average molecular weight is 315 g/mol. The fourth-order valence-corrected chi connectivity index (χ4v) is 2.41. The SMILES string of the molecule is CC[C@H](O)Cn1nnc([C@H](NC(=O)c2ccccc2)C2CC2)n1. The summed E-state index contributed by atoms with van der Waals surface area (Å²) >= 11 is 0. The molecule has 0 radical (unpaired) electrons. The number of aliphatic hydroxyl groups is 1. The van der Waals surface area contributed by atoms with Crippen molar-refractivity contribution >= 4 is 5.91 Å². The second-order valence-electron chi connectivity index (χ2n) is 5.92. The van der Waals surface area contributed by atoms with Crippen LogP contribution in [0.25, 0.3) is 0 Å². The Balaban J connectivity index is 1.71. The third-order valence-electron chi connectivity index (χ3n) is 4.01. The summed E-state index contributed by atoms with van der Waals surface area (Å²) in [7, 11) is 0. The van der Waals surface area contributed by atoms with Crippen LogP contribution in [0.4, 0.5) is 0 Å². The molecule has 7 nitrogen and oxygen atoms in total. The molecule has 0 aliphatic heterocycles. The highest BCUT2D eigenvalue weighted by Crippen LogP contribution is 2.39. The maximum atomic E-state index is 12.4. The lowest BCUT2D eigenvalue weighted by Gasteiger charge is -2.14. The van der Waals surface area contributed by atoms with Gasteiger partial charge >= 0.3 is 0 Å². The summed E-state index contributed by atoms with van der Waals surface area (Å²) < 4.78 is 0. The Kier molecular flexibility index (Phi) is 4.66. The number of hydrogen-bond donors (Lipinski definition) is 2. The van der Waals surface area contributed by atoms with Crippen molar-refractivity contribution in [2.75, 3.05) is 0 Å². The number of carbonyl (C=O) groups is 1. The lowest BCUT2D eigenvalue weighted by Crippen LogP contribution is -2.30. The quantitative estimate of drug-likeness (QED) is 0.804. The summed E-state index contributed by atoms with van der Waals surface area (Å²) in [4.78, 5) is 13.8. The minimum atomic E-state index is -0.490. The summed E-state index contributed by atoms with van der Waals surface area (Å²) in [6, 6.07) is 8.88. The predicted molar refractivity (Wildman–Crippen MR) is 83.5 cm³/mol. The van der Waals surface area contributed by atoms with E-state index in [-0.39, 0.29) is 11.9 Å². The first-order chi connectivity index (χ1) is 11.2. The maximum Gasteiger partial charge on any atom is 0.251 e. The number of rotatable bonds is 7. The Morgan fingerprint density at radius 1 is 1.39 bits per heavy atom. The van der Waals surface area contributed by atoms with Gasteiger partial charge in [-0.1, -0.05) is 25.1 Å². The van der Waals surface area contributed by atoms with Gasteiger partial charge in [0.1, 0.15) is 0 Å². The molecule has 0 saturated heterocycles. The fraction of sp³-hybridized carbons (Fsp3) is 0.500. The largest absolute Gasteiger partial charge is 0.391 e. The standard InChI is InChI=1S/C16H21N5O2/c1-2-13(22)10-21-19-15(18-20-21)14(11-8-9-11)17-16(23)12-6-4-3-5-7-12/h3-7,11,13-14,22H,2,8-10H2,1H3,(H,17,23)/t13-,14+/m0/s1. The van der Waals surface area contributed by atoms with Gasteiger partial charge < -0.3 is 10.4 Å². The van der Waals surface area contributed by atoms with Crippen LogP contribution in [-0.4, -0.2) is 37.3 Å². The molecule has 2 N–H and O–H groups in total. The van der Waals surface area contributed by atoms with Crippen LogP contribution < -0.4 is 5.32 Å². The summed E-state index contributed by atoms with van der Waals surface area (Å²) in [6.45, 7) is 2.21. The van der Waals surface area contributed by atoms with Crippen molar-refractivity contribution in [2.24, 2.45) is 5.92 Å². The van der Waals surface area contributed by atoms with Gasteiger partial charge in [-0.3, -0.25) is 4.79 Å². The van der Waals surface area contributed by atoms with E-state index < -0.39 is 6.10 Å². The van der Waals surface area contributed by atoms with Gasteiger partial charge in [0.2, 0.25) is 0 Å². The van der Waals surface area contributed by atoms with Crippen LogP contribution >= 0.6 is 0 Å². The number of benzene rings is 1. The molecule has 1 aromatic heterocycles. The molecule has 3 rings (SSSR count). The smallest absolute Gasteiger partial charge is 0.251 e. The van der Waals surface area contributed by atoms with Crippen molar-refractivity contribution in [3.05, 3.63) is 41.7 Å². The van der Waals surface area contributed by atoms with Gasteiger partial charge in [0.25, 0.3) is 5.91 Å². The minimum absolute atomic E-state index is 0.132. The van der Waals surface area contributed by atoms with Crippen LogP contribution in [0.1, 0.15) is 48.4 Å². The van der Waals surface area contributed by atoms with Crippen LogP contribution in [-0.2, 0) is 6.54 Å². The van der Waals surface area contributed by atoms with Crippen molar-refractivity contribution in [2.45, 2.75) is 44.9 Å². The van der Waals surface area contributed by atoms with Gasteiger partial charge in [-0.2, -0.15) is 4.80 Å². The zero-order chi connectivity index (χ0) is 16.2. The first kappa shape index (κ1) is 15.6. The van der Waals surface area contributed by atoms with E-state index in [1.165, 1.54) is 4.80 Å². The molecule has 7 heteroatoms. The summed E-state index contributed by atoms with van der Waals surface area (Å²) in [5.74, 6) is 0.740. The van der Waals surface area contributed by atoms with Crippen LogP contribution in [0.15, 0.2) is 30.3 Å². The van der Waals surface area contributed by atoms with Gasteiger partial charge in [0.15, 0.2) is 5.82 Å². The Hall–Kier alpha value is -2.28. The summed E-state index contributed by atoms with van der Waals surface area (Å²) in [5, 5.41) is 25.1. The number of aromatic nitrogens is 4. The van der Waals surface area contributed by atoms with Crippen molar-refractivity contribution in [1.82, 2.24) is 25.5 Å². The van der Waals surface area contributed by atoms with E-state index >= 15 is 0 Å². The molecular weight excluding hydrogens is 294 g/mol. The van der Waals surface area contributed by atoms with E-state index in [0.717, 1.165) is 12.8 Å². The number of nitrogens with zero attached hydrogens (tertiary/aromatic N) is 4. The molecule has 1 aliphatic carbocycles. The van der Waals surface area contributed by atoms with Crippen molar-refractivity contribution in [1.29, 1.82) is 0 Å². The van der Waals surface area contributed by atoms with Gasteiger partial charge in [0, 0.05) is 5.56 Å². The Morgan fingerprint density at radius 2 is 2.13 bits per heavy atom. The molecule has 1 amide bonds. The molecule has 23 heavy (non-hydrogen) atoms. The Bertz CT molecular complexity index is 654. The second kappa shape index (κ2) is 6.87. The summed E-state index contributed by atoms with van der Waals surface area (Å²) in [6.07, 6.45) is 2.24. The number of aliphatic hydroxyl groups excluding tert-OH is 1. The number of carbonyl (C=O) groups excluding carboxylic acids is 1. The topological polar surface area (TPSA) is 92.9 Å². The predicted octanol–water partition coefficient (Wildman–Crippen LogP) is 1.33. The number of nitrogens with one attached hydrogen (secondary N) is 1. The molecule has 1 aliphatic rings. The molecule has 1 aromatic carbocycles. The molecule has 1 saturated carbocycles. The lowest BCUT2D eigenvalue weighted by molar-refractivity contribution is 0.0929. The highest BCUT2D eigenvalue weighted by Gasteiger charge is 2.36. The van der Waals surface area contributed by atoms with Crippen LogP contribution in [0.2, 0.25) is 0 Å². The molecule has 0 unspecified atom stereocenters. The van der Waals surface area contributed by atoms with Gasteiger partial charge in [-0.25, -0.2) is 0 Å². The number of hydrogen-bond acceptors (Lipinski definition) is 5. The zero-order valence-electron chi connectivity index (χ0n) is 13.1. The molecular formula is C16H21N5O2. The molecule has 2 aromatic rings. The van der Waals surface area contributed by atoms with E-state index in [4.69, 9.17) is 0 Å². The number of amides is 1. The van der Waals surface area contributed by atoms with Crippen LogP contribution in [0.3, 0.4) is 0 Å². The molecule has 0 bridgehead atoms. The maximum absolute atomic E-state index is 12.4. The first-order valence-electron chi connectivity index (χ1n) is 7.99. The number of tetrazole rings is 1. The van der Waals surface area contributed by atoms with E-state index in [9.17, 15) is 9.90 Å². The van der Waals surface area contributed by atoms with E-state index in [2.05, 4.69) is 20.7 Å². The van der Waals surface area contributed by atoms with E-state index in [1.54, 1.807) is 12.1 Å². The lowest BCUT2D eigenvalue weighted by atomic mass is 10.1. The molecule has 122 valence electrons. The van der Waals surface area contributed by atoms with Gasteiger partial charge in [-0.05, 0) is 42.5 Å². The highest BCUT2D eigenvalue weighted by molar-refractivity contribution is 5.94. The van der Waals surface area contributed by atoms with Crippen LogP contribution in [0, 0.1) is 5.92 Å². The van der Waals surface area contributed by atoms with Crippen LogP contribution in [0.5, 0.6) is 0 Å². The minimum Gasteiger partial charge on any atom is -0.391 e. The first-order valence-corrected chi connectivity index (χ1v) is 7.99. The average Bonchev–Trinajstić information content (AvgIpc) is 3.32. The van der Waals surface area contributed by atoms with Crippen molar-refractivity contribution < 1.29 is 9.90 Å². The highest BCUT2D eigenvalue weighted by atomic mass is 16.3. The van der Waals surface area contributed by atoms with Crippen molar-refractivity contribution in [3.63, 3.8) is 0 Å². The van der Waals surface area contributed by atoms with Gasteiger partial charge in [-0.15, -0.1) is 10.2 Å². The molecule has 0 spiro atoms. The zero-order valence-corrected chi connectivity index (χ0v) is 13.1. The van der Waals surface area contributed by atoms with Crippen molar-refractivity contribution in [3.8, 4) is 0 Å². The third-order valence-corrected chi connectivity index (χ3v) is 4.01. The monoisotopic (exact) mass is 315 g/mol. The second-order valence-corrected chi connectivity index (χ2v) is 5.92. The Labute approximate surface area is 134 Å². The fourth-order valence-electron chi connectivity index (χ4n) is 2.41. The summed E-state index contributed by atoms with van der Waals surface area (Å²) in [5.41, 5.74) is 0.618. The Morgan fingerprint density at radius 3 is 2.78 bits per heavy atom. The molecule has 1 heterocycles. The molecule has 1 fully saturated rings. The third kappa shape index (κ3) is 3.92. The molecule has 2 atom stereocenters. The normalized spacial score (nSPS) is 16.8. The van der Waals surface area contributed by atoms with E-state index in [0.29, 0.717) is 30.3 Å². The van der Waals surface area contributed by atoms with Gasteiger partial charge in [0.05, 0.1) is 18.7 Å².